The summed E-state index contributed by atoms with van der Waals surface area (Å²) >= 11 is 0. The monoisotopic (exact) mass is 276 g/mol. The predicted molar refractivity (Wildman–Crippen MR) is 81.5 cm³/mol. The lowest BCUT2D eigenvalue weighted by molar-refractivity contribution is -0.134. The highest BCUT2D eigenvalue weighted by Crippen LogP contribution is 2.44. The van der Waals surface area contributed by atoms with Crippen molar-refractivity contribution in [2.75, 3.05) is 19.6 Å². The fourth-order valence-corrected chi connectivity index (χ4v) is 4.60. The molecule has 20 heavy (non-hydrogen) atoms. The molecular formula is C17H28N2O. The molecule has 2 saturated heterocycles. The maximum Gasteiger partial charge on any atom is 0.223 e. The number of rotatable bonds is 5. The van der Waals surface area contributed by atoms with Gasteiger partial charge < -0.3 is 4.90 Å². The minimum atomic E-state index is 0.104. The van der Waals surface area contributed by atoms with E-state index in [0.29, 0.717) is 11.9 Å². The van der Waals surface area contributed by atoms with Gasteiger partial charge in [-0.2, -0.15) is 0 Å². The second kappa shape index (κ2) is 5.51. The van der Waals surface area contributed by atoms with Crippen molar-refractivity contribution in [1.82, 2.24) is 9.80 Å². The molecule has 0 bridgehead atoms. The van der Waals surface area contributed by atoms with Crippen LogP contribution in [0, 0.1) is 5.92 Å². The van der Waals surface area contributed by atoms with Crippen LogP contribution in [-0.2, 0) is 4.79 Å². The third-order valence-electron chi connectivity index (χ3n) is 5.61. The van der Waals surface area contributed by atoms with Gasteiger partial charge >= 0.3 is 0 Å². The maximum atomic E-state index is 12.3. The molecule has 3 heteroatoms. The van der Waals surface area contributed by atoms with Crippen molar-refractivity contribution in [2.45, 2.75) is 63.5 Å². The number of likely N-dealkylation sites (tertiary alicyclic amines) is 2. The van der Waals surface area contributed by atoms with Crippen LogP contribution in [0.15, 0.2) is 12.7 Å². The Morgan fingerprint density at radius 3 is 2.85 bits per heavy atom. The van der Waals surface area contributed by atoms with Crippen molar-refractivity contribution in [3.63, 3.8) is 0 Å². The van der Waals surface area contributed by atoms with Gasteiger partial charge in [-0.15, -0.1) is 6.58 Å². The van der Waals surface area contributed by atoms with E-state index in [-0.39, 0.29) is 5.54 Å². The lowest BCUT2D eigenvalue weighted by atomic mass is 9.77. The van der Waals surface area contributed by atoms with Crippen LogP contribution in [0.5, 0.6) is 0 Å². The number of amides is 1. The average Bonchev–Trinajstić information content (AvgIpc) is 3.21. The summed E-state index contributed by atoms with van der Waals surface area (Å²) in [5.74, 6) is 1.28. The van der Waals surface area contributed by atoms with Crippen LogP contribution in [0.25, 0.3) is 0 Å². The van der Waals surface area contributed by atoms with Crippen molar-refractivity contribution >= 4 is 5.91 Å². The first-order chi connectivity index (χ1) is 9.71. The number of carbonyl (C=O) groups is 1. The summed E-state index contributed by atoms with van der Waals surface area (Å²) < 4.78 is 0. The third kappa shape index (κ3) is 2.30. The predicted octanol–water partition coefficient (Wildman–Crippen LogP) is 2.82. The van der Waals surface area contributed by atoms with Gasteiger partial charge in [0, 0.05) is 25.6 Å². The summed E-state index contributed by atoms with van der Waals surface area (Å²) in [4.78, 5) is 17.2. The van der Waals surface area contributed by atoms with Crippen molar-refractivity contribution in [2.24, 2.45) is 5.92 Å². The van der Waals surface area contributed by atoms with Crippen LogP contribution < -0.4 is 0 Å². The molecule has 2 atom stereocenters. The zero-order valence-corrected chi connectivity index (χ0v) is 12.8. The second-order valence-corrected chi connectivity index (χ2v) is 6.86. The summed E-state index contributed by atoms with van der Waals surface area (Å²) in [5, 5.41) is 0. The van der Waals surface area contributed by atoms with E-state index in [0.717, 1.165) is 31.7 Å². The van der Waals surface area contributed by atoms with Gasteiger partial charge in [0.1, 0.15) is 0 Å². The van der Waals surface area contributed by atoms with Crippen molar-refractivity contribution in [3.8, 4) is 0 Å². The molecule has 3 nitrogen and oxygen atoms in total. The fraction of sp³-hybridized carbons (Fsp3) is 0.824. The number of carbonyl (C=O) groups excluding carboxylic acids is 1. The standard InChI is InChI=1S/C17H28N2O/c1-3-11-19-16(20)8-10-17(19)9-5-12-18(15(17)4-2)13-14-6-7-14/h3,14-15H,1,4-13H2,2H3/t15-,17-/m0/s1. The van der Waals surface area contributed by atoms with Gasteiger partial charge in [0.05, 0.1) is 5.54 Å². The molecular weight excluding hydrogens is 248 g/mol. The smallest absolute Gasteiger partial charge is 0.223 e. The first-order valence-corrected chi connectivity index (χ1v) is 8.36. The Morgan fingerprint density at radius 1 is 1.40 bits per heavy atom. The normalized spacial score (nSPS) is 35.0. The minimum Gasteiger partial charge on any atom is -0.332 e. The lowest BCUT2D eigenvalue weighted by Crippen LogP contribution is -2.63. The zero-order valence-electron chi connectivity index (χ0n) is 12.8. The Hall–Kier alpha value is -0.830. The van der Waals surface area contributed by atoms with E-state index in [9.17, 15) is 4.79 Å². The Kier molecular flexibility index (Phi) is 3.89. The summed E-state index contributed by atoms with van der Waals surface area (Å²) in [6, 6.07) is 0.559. The highest BCUT2D eigenvalue weighted by Gasteiger charge is 2.52. The first-order valence-electron chi connectivity index (χ1n) is 8.36. The summed E-state index contributed by atoms with van der Waals surface area (Å²) in [6.45, 7) is 9.37. The van der Waals surface area contributed by atoms with Crippen molar-refractivity contribution in [1.29, 1.82) is 0 Å². The molecule has 3 aliphatic rings. The second-order valence-electron chi connectivity index (χ2n) is 6.86. The number of piperidine rings is 1. The van der Waals surface area contributed by atoms with Gasteiger partial charge in [-0.25, -0.2) is 0 Å². The fourth-order valence-electron chi connectivity index (χ4n) is 4.60. The quantitative estimate of drug-likeness (QED) is 0.721. The Bertz CT molecular complexity index is 390. The highest BCUT2D eigenvalue weighted by atomic mass is 16.2. The van der Waals surface area contributed by atoms with Crippen LogP contribution in [0.3, 0.4) is 0 Å². The molecule has 1 saturated carbocycles. The van der Waals surface area contributed by atoms with E-state index in [1.165, 1.54) is 38.8 Å². The number of hydrogen-bond acceptors (Lipinski definition) is 2. The highest BCUT2D eigenvalue weighted by molar-refractivity contribution is 5.80. The summed E-state index contributed by atoms with van der Waals surface area (Å²) in [7, 11) is 0. The molecule has 1 amide bonds. The molecule has 0 aromatic rings. The largest absolute Gasteiger partial charge is 0.332 e. The lowest BCUT2D eigenvalue weighted by Gasteiger charge is -2.52. The van der Waals surface area contributed by atoms with Gasteiger partial charge in [0.15, 0.2) is 0 Å². The molecule has 0 unspecified atom stereocenters. The first kappa shape index (κ1) is 14.1. The summed E-state index contributed by atoms with van der Waals surface area (Å²) in [6.07, 6.45) is 10.1. The molecule has 112 valence electrons. The third-order valence-corrected chi connectivity index (χ3v) is 5.61. The van der Waals surface area contributed by atoms with E-state index in [2.05, 4.69) is 23.3 Å². The molecule has 3 rings (SSSR count). The van der Waals surface area contributed by atoms with Crippen LogP contribution in [-0.4, -0.2) is 46.9 Å². The Morgan fingerprint density at radius 2 is 2.20 bits per heavy atom. The van der Waals surface area contributed by atoms with E-state index >= 15 is 0 Å². The molecule has 2 heterocycles. The van der Waals surface area contributed by atoms with E-state index in [1.54, 1.807) is 0 Å². The van der Waals surface area contributed by atoms with Gasteiger partial charge in [0.2, 0.25) is 5.91 Å². The maximum absolute atomic E-state index is 12.3. The molecule has 0 aromatic carbocycles. The number of hydrogen-bond donors (Lipinski definition) is 0. The Balaban J connectivity index is 1.84. The van der Waals surface area contributed by atoms with E-state index < -0.39 is 0 Å². The van der Waals surface area contributed by atoms with Crippen LogP contribution in [0.2, 0.25) is 0 Å². The SMILES string of the molecule is C=CCN1C(=O)CC[C@]12CCCN(CC1CC1)[C@H]2CC. The average molecular weight is 276 g/mol. The zero-order chi connectivity index (χ0) is 14.2. The van der Waals surface area contributed by atoms with Crippen molar-refractivity contribution < 1.29 is 4.79 Å². The van der Waals surface area contributed by atoms with E-state index in [4.69, 9.17) is 0 Å². The summed E-state index contributed by atoms with van der Waals surface area (Å²) in [5.41, 5.74) is 0.104. The van der Waals surface area contributed by atoms with Crippen molar-refractivity contribution in [3.05, 3.63) is 12.7 Å². The van der Waals surface area contributed by atoms with Gasteiger partial charge in [-0.05, 0) is 51.0 Å². The van der Waals surface area contributed by atoms with E-state index in [1.807, 2.05) is 6.08 Å². The van der Waals surface area contributed by atoms with Gasteiger partial charge in [0.25, 0.3) is 0 Å². The molecule has 0 N–H and O–H groups in total. The minimum absolute atomic E-state index is 0.104. The van der Waals surface area contributed by atoms with Crippen LogP contribution >= 0.6 is 0 Å². The number of nitrogens with zero attached hydrogens (tertiary/aromatic N) is 2. The van der Waals surface area contributed by atoms with Gasteiger partial charge in [-0.1, -0.05) is 13.0 Å². The molecule has 3 fully saturated rings. The molecule has 2 aliphatic heterocycles. The van der Waals surface area contributed by atoms with Crippen LogP contribution in [0.4, 0.5) is 0 Å². The molecule has 1 aliphatic carbocycles. The molecule has 0 aromatic heterocycles. The molecule has 1 spiro atoms. The van der Waals surface area contributed by atoms with Crippen LogP contribution in [0.1, 0.15) is 51.9 Å². The molecule has 0 radical (unpaired) electrons. The topological polar surface area (TPSA) is 23.6 Å². The van der Waals surface area contributed by atoms with Gasteiger partial charge in [-0.3, -0.25) is 9.69 Å². The Labute approximate surface area is 123 Å².